The number of allylic oxidation sites excluding steroid dienone is 1. The number of carbonyl (C=O) groups excluding carboxylic acids is 1. The predicted octanol–water partition coefficient (Wildman–Crippen LogP) is 5.84. The van der Waals surface area contributed by atoms with Gasteiger partial charge in [-0.25, -0.2) is 9.36 Å². The maximum Gasteiger partial charge on any atom is 0.378 e. The molecule has 1 aliphatic rings. The molecule has 146 valence electrons. The summed E-state index contributed by atoms with van der Waals surface area (Å²) in [5.41, 5.74) is 0.528. The van der Waals surface area contributed by atoms with Crippen molar-refractivity contribution in [2.75, 3.05) is 20.4 Å². The van der Waals surface area contributed by atoms with Crippen LogP contribution in [0.5, 0.6) is 0 Å². The first-order valence-corrected chi connectivity index (χ1v) is 11.3. The number of rotatable bonds is 11. The summed E-state index contributed by atoms with van der Waals surface area (Å²) in [6.45, 7) is 3.91. The highest BCUT2D eigenvalue weighted by Crippen LogP contribution is 2.54. The van der Waals surface area contributed by atoms with Crippen molar-refractivity contribution in [1.82, 2.24) is 0 Å². The first-order valence-electron chi connectivity index (χ1n) is 9.61. The molecule has 0 bridgehead atoms. The van der Waals surface area contributed by atoms with Crippen LogP contribution < -0.4 is 0 Å². The molecule has 1 aliphatic heterocycles. The van der Waals surface area contributed by atoms with Gasteiger partial charge in [0.15, 0.2) is 0 Å². The fourth-order valence-electron chi connectivity index (χ4n) is 3.41. The molecule has 0 spiro atoms. The monoisotopic (exact) mass is 374 g/mol. The molecule has 0 radical (unpaired) electrons. The second kappa shape index (κ2) is 11.7. The molecule has 2 atom stereocenters. The SMILES string of the molecule is CCCCCCCCCC[C@H]1CCP(=O)(OC)OC(C)=C1C(=O)OC. The van der Waals surface area contributed by atoms with Gasteiger partial charge in [0.1, 0.15) is 5.76 Å². The van der Waals surface area contributed by atoms with Crippen molar-refractivity contribution in [3.63, 3.8) is 0 Å². The Bertz CT molecular complexity index is 486. The third-order valence-electron chi connectivity index (χ3n) is 4.90. The van der Waals surface area contributed by atoms with Crippen LogP contribution in [0.1, 0.15) is 78.1 Å². The molecule has 1 unspecified atom stereocenters. The molecule has 1 heterocycles. The molecular weight excluding hydrogens is 339 g/mol. The molecule has 0 saturated carbocycles. The van der Waals surface area contributed by atoms with E-state index in [1.165, 1.54) is 59.2 Å². The van der Waals surface area contributed by atoms with Gasteiger partial charge in [-0.1, -0.05) is 58.3 Å². The second-order valence-electron chi connectivity index (χ2n) is 6.82. The maximum absolute atomic E-state index is 12.5. The van der Waals surface area contributed by atoms with E-state index in [0.717, 1.165) is 12.8 Å². The Kier molecular flexibility index (Phi) is 10.4. The molecule has 0 aliphatic carbocycles. The number of hydrogen-bond donors (Lipinski definition) is 0. The van der Waals surface area contributed by atoms with Crippen LogP contribution in [0.4, 0.5) is 0 Å². The summed E-state index contributed by atoms with van der Waals surface area (Å²) in [7, 11) is -0.380. The van der Waals surface area contributed by atoms with E-state index in [2.05, 4.69) is 6.92 Å². The van der Waals surface area contributed by atoms with E-state index in [9.17, 15) is 9.36 Å². The Hall–Kier alpha value is -0.800. The highest BCUT2D eigenvalue weighted by molar-refractivity contribution is 7.53. The highest BCUT2D eigenvalue weighted by Gasteiger charge is 2.35. The van der Waals surface area contributed by atoms with E-state index in [1.807, 2.05) is 0 Å². The van der Waals surface area contributed by atoms with Crippen molar-refractivity contribution in [3.05, 3.63) is 11.3 Å². The summed E-state index contributed by atoms with van der Waals surface area (Å²) in [5, 5.41) is 0. The highest BCUT2D eigenvalue weighted by atomic mass is 31.2. The molecule has 0 saturated heterocycles. The summed E-state index contributed by atoms with van der Waals surface area (Å²) >= 11 is 0. The van der Waals surface area contributed by atoms with Crippen LogP contribution in [-0.4, -0.2) is 26.4 Å². The number of unbranched alkanes of at least 4 members (excludes halogenated alkanes) is 7. The van der Waals surface area contributed by atoms with E-state index >= 15 is 0 Å². The minimum atomic E-state index is -3.15. The fraction of sp³-hybridized carbons (Fsp3) is 0.842. The molecule has 0 aromatic rings. The van der Waals surface area contributed by atoms with Gasteiger partial charge >= 0.3 is 13.6 Å². The van der Waals surface area contributed by atoms with Crippen molar-refractivity contribution >= 4 is 13.6 Å². The van der Waals surface area contributed by atoms with Gasteiger partial charge in [-0.3, -0.25) is 0 Å². The van der Waals surface area contributed by atoms with Gasteiger partial charge in [0.2, 0.25) is 0 Å². The van der Waals surface area contributed by atoms with Crippen LogP contribution in [0.2, 0.25) is 0 Å². The summed E-state index contributed by atoms with van der Waals surface area (Å²) in [5.74, 6) is 0.0317. The lowest BCUT2D eigenvalue weighted by molar-refractivity contribution is -0.137. The minimum absolute atomic E-state index is 0.0264. The van der Waals surface area contributed by atoms with E-state index in [4.69, 9.17) is 13.8 Å². The molecule has 0 aromatic carbocycles. The first kappa shape index (κ1) is 22.2. The molecule has 0 N–H and O–H groups in total. The third kappa shape index (κ3) is 7.53. The second-order valence-corrected chi connectivity index (χ2v) is 9.04. The van der Waals surface area contributed by atoms with Gasteiger partial charge in [-0.05, 0) is 25.7 Å². The largest absolute Gasteiger partial charge is 0.466 e. The minimum Gasteiger partial charge on any atom is -0.466 e. The number of carbonyl (C=O) groups is 1. The van der Waals surface area contributed by atoms with Crippen LogP contribution in [0.15, 0.2) is 11.3 Å². The normalized spacial score (nSPS) is 23.9. The van der Waals surface area contributed by atoms with Crippen LogP contribution in [0.25, 0.3) is 0 Å². The van der Waals surface area contributed by atoms with Crippen LogP contribution in [0.3, 0.4) is 0 Å². The van der Waals surface area contributed by atoms with E-state index in [-0.39, 0.29) is 11.9 Å². The lowest BCUT2D eigenvalue weighted by atomic mass is 9.89. The Morgan fingerprint density at radius 1 is 1.12 bits per heavy atom. The van der Waals surface area contributed by atoms with Gasteiger partial charge in [-0.15, -0.1) is 0 Å². The van der Waals surface area contributed by atoms with Gasteiger partial charge in [0.05, 0.1) is 18.8 Å². The van der Waals surface area contributed by atoms with E-state index in [0.29, 0.717) is 23.9 Å². The van der Waals surface area contributed by atoms with Gasteiger partial charge in [0.25, 0.3) is 0 Å². The Morgan fingerprint density at radius 3 is 2.28 bits per heavy atom. The van der Waals surface area contributed by atoms with Crippen molar-refractivity contribution < 1.29 is 23.1 Å². The molecule has 25 heavy (non-hydrogen) atoms. The van der Waals surface area contributed by atoms with Crippen molar-refractivity contribution in [2.24, 2.45) is 5.92 Å². The number of esters is 1. The van der Waals surface area contributed by atoms with Crippen molar-refractivity contribution in [1.29, 1.82) is 0 Å². The van der Waals surface area contributed by atoms with Gasteiger partial charge in [0, 0.05) is 7.11 Å². The maximum atomic E-state index is 12.5. The smallest absolute Gasteiger partial charge is 0.378 e. The van der Waals surface area contributed by atoms with Crippen LogP contribution in [-0.2, 0) is 23.1 Å². The predicted molar refractivity (Wildman–Crippen MR) is 101 cm³/mol. The lowest BCUT2D eigenvalue weighted by Gasteiger charge is -2.17. The summed E-state index contributed by atoms with van der Waals surface area (Å²) in [6.07, 6.45) is 11.8. The Labute approximate surface area is 153 Å². The topological polar surface area (TPSA) is 61.8 Å². The zero-order valence-electron chi connectivity index (χ0n) is 16.3. The number of methoxy groups -OCH3 is 1. The zero-order valence-corrected chi connectivity index (χ0v) is 17.2. The molecule has 0 fully saturated rings. The van der Waals surface area contributed by atoms with E-state index in [1.54, 1.807) is 6.92 Å². The number of ether oxygens (including phenoxy) is 1. The molecule has 6 heteroatoms. The van der Waals surface area contributed by atoms with Gasteiger partial charge < -0.3 is 13.8 Å². The Balaban J connectivity index is 2.56. The quantitative estimate of drug-likeness (QED) is 0.258. The zero-order chi connectivity index (χ0) is 18.7. The summed E-state index contributed by atoms with van der Waals surface area (Å²) < 4.78 is 28.0. The van der Waals surface area contributed by atoms with Gasteiger partial charge in [-0.2, -0.15) is 0 Å². The molecule has 5 nitrogen and oxygen atoms in total. The standard InChI is InChI=1S/C19H35O5P/c1-5-6-7-8-9-10-11-12-13-17-14-15-25(21,23-4)24-16(2)18(17)19(20)22-3/h17H,5-15H2,1-4H3/t17-,25?/m0/s1. The Morgan fingerprint density at radius 2 is 1.72 bits per heavy atom. The summed E-state index contributed by atoms with van der Waals surface area (Å²) in [4.78, 5) is 12.2. The summed E-state index contributed by atoms with van der Waals surface area (Å²) in [6, 6.07) is 0. The van der Waals surface area contributed by atoms with Crippen molar-refractivity contribution in [2.45, 2.75) is 78.1 Å². The molecule has 1 rings (SSSR count). The van der Waals surface area contributed by atoms with Crippen LogP contribution in [0, 0.1) is 5.92 Å². The fourth-order valence-corrected chi connectivity index (χ4v) is 4.90. The first-order chi connectivity index (χ1) is 12.0. The third-order valence-corrected chi connectivity index (χ3v) is 6.82. The average Bonchev–Trinajstić information content (AvgIpc) is 2.73. The average molecular weight is 374 g/mol. The van der Waals surface area contributed by atoms with E-state index < -0.39 is 7.60 Å². The van der Waals surface area contributed by atoms with Crippen molar-refractivity contribution in [3.8, 4) is 0 Å². The lowest BCUT2D eigenvalue weighted by Crippen LogP contribution is -2.16. The van der Waals surface area contributed by atoms with Crippen LogP contribution >= 0.6 is 7.60 Å². The molecular formula is C19H35O5P. The molecule has 0 aromatic heterocycles. The number of hydrogen-bond acceptors (Lipinski definition) is 5. The molecule has 0 amide bonds.